The largest absolute Gasteiger partial charge is 0.349 e. The third-order valence-electron chi connectivity index (χ3n) is 3.73. The van der Waals surface area contributed by atoms with E-state index in [-0.39, 0.29) is 6.04 Å². The van der Waals surface area contributed by atoms with Gasteiger partial charge in [0.15, 0.2) is 0 Å². The van der Waals surface area contributed by atoms with Crippen molar-refractivity contribution in [3.8, 4) is 0 Å². The molecular formula is C15H25N3O2S. The van der Waals surface area contributed by atoms with Gasteiger partial charge < -0.3 is 9.88 Å². The van der Waals surface area contributed by atoms with Gasteiger partial charge in [-0.1, -0.05) is 13.0 Å². The maximum absolute atomic E-state index is 12.8. The average molecular weight is 311 g/mol. The van der Waals surface area contributed by atoms with Crippen molar-refractivity contribution in [1.29, 1.82) is 0 Å². The van der Waals surface area contributed by atoms with Crippen molar-refractivity contribution in [3.05, 3.63) is 30.6 Å². The van der Waals surface area contributed by atoms with E-state index in [9.17, 15) is 8.42 Å². The van der Waals surface area contributed by atoms with Gasteiger partial charge in [0.25, 0.3) is 0 Å². The van der Waals surface area contributed by atoms with Gasteiger partial charge in [-0.05, 0) is 32.4 Å². The third kappa shape index (κ3) is 3.56. The Morgan fingerprint density at radius 3 is 2.71 bits per heavy atom. The summed E-state index contributed by atoms with van der Waals surface area (Å²) < 4.78 is 29.2. The average Bonchev–Trinajstić information content (AvgIpc) is 3.20. The molecule has 1 aliphatic carbocycles. The van der Waals surface area contributed by atoms with Crippen LogP contribution in [-0.4, -0.2) is 36.4 Å². The summed E-state index contributed by atoms with van der Waals surface area (Å²) in [6.07, 6.45) is 5.31. The lowest BCUT2D eigenvalue weighted by Gasteiger charge is -2.19. The van der Waals surface area contributed by atoms with E-state index in [1.54, 1.807) is 22.6 Å². The van der Waals surface area contributed by atoms with Crippen molar-refractivity contribution in [3.63, 3.8) is 0 Å². The minimum atomic E-state index is -3.42. The summed E-state index contributed by atoms with van der Waals surface area (Å²) in [4.78, 5) is 0.394. The van der Waals surface area contributed by atoms with Crippen molar-refractivity contribution in [2.24, 2.45) is 0 Å². The SMILES string of the molecule is C=CCN(C1CC1)S(=O)(=O)c1cc(CNCC)n(CC)c1. The van der Waals surface area contributed by atoms with Gasteiger partial charge in [-0.15, -0.1) is 6.58 Å². The summed E-state index contributed by atoms with van der Waals surface area (Å²) in [5.74, 6) is 0. The Labute approximate surface area is 127 Å². The van der Waals surface area contributed by atoms with Gasteiger partial charge in [0.05, 0.1) is 0 Å². The molecule has 1 N–H and O–H groups in total. The second-order valence-corrected chi connectivity index (χ2v) is 7.22. The van der Waals surface area contributed by atoms with Gasteiger partial charge >= 0.3 is 0 Å². The van der Waals surface area contributed by atoms with E-state index in [2.05, 4.69) is 11.9 Å². The molecule has 1 heterocycles. The Kier molecular flexibility index (Phi) is 5.24. The molecule has 6 heteroatoms. The van der Waals surface area contributed by atoms with Crippen LogP contribution in [0.1, 0.15) is 32.4 Å². The number of aryl methyl sites for hydroxylation is 1. The number of hydrogen-bond acceptors (Lipinski definition) is 3. The topological polar surface area (TPSA) is 54.3 Å². The second kappa shape index (κ2) is 6.77. The van der Waals surface area contributed by atoms with Crippen LogP contribution < -0.4 is 5.32 Å². The quantitative estimate of drug-likeness (QED) is 0.709. The zero-order chi connectivity index (χ0) is 15.5. The predicted molar refractivity (Wildman–Crippen MR) is 84.6 cm³/mol. The minimum Gasteiger partial charge on any atom is -0.349 e. The molecule has 1 aliphatic rings. The van der Waals surface area contributed by atoms with Crippen LogP contribution >= 0.6 is 0 Å². The zero-order valence-corrected chi connectivity index (χ0v) is 13.7. The molecule has 0 spiro atoms. The van der Waals surface area contributed by atoms with Crippen LogP contribution in [0.25, 0.3) is 0 Å². The first-order chi connectivity index (χ1) is 10.0. The Hall–Kier alpha value is -1.11. The summed E-state index contributed by atoms with van der Waals surface area (Å²) in [6.45, 7) is 10.4. The Morgan fingerprint density at radius 2 is 2.19 bits per heavy atom. The van der Waals surface area contributed by atoms with E-state index in [4.69, 9.17) is 0 Å². The van der Waals surface area contributed by atoms with E-state index in [1.165, 1.54) is 0 Å². The van der Waals surface area contributed by atoms with Crippen LogP contribution in [0.2, 0.25) is 0 Å². The number of hydrogen-bond donors (Lipinski definition) is 1. The van der Waals surface area contributed by atoms with Gasteiger partial charge in [-0.2, -0.15) is 4.31 Å². The smallest absolute Gasteiger partial charge is 0.245 e. The lowest BCUT2D eigenvalue weighted by Crippen LogP contribution is -2.33. The van der Waals surface area contributed by atoms with E-state index in [0.29, 0.717) is 18.0 Å². The summed E-state index contributed by atoms with van der Waals surface area (Å²) in [5, 5.41) is 3.25. The lowest BCUT2D eigenvalue weighted by atomic mass is 10.4. The number of rotatable bonds is 9. The van der Waals surface area contributed by atoms with Gasteiger partial charge in [-0.25, -0.2) is 8.42 Å². The van der Waals surface area contributed by atoms with Crippen molar-refractivity contribution in [1.82, 2.24) is 14.2 Å². The normalized spacial score (nSPS) is 15.6. The van der Waals surface area contributed by atoms with Crippen molar-refractivity contribution in [2.75, 3.05) is 13.1 Å². The highest BCUT2D eigenvalue weighted by atomic mass is 32.2. The number of aromatic nitrogens is 1. The molecule has 1 saturated carbocycles. The molecular weight excluding hydrogens is 286 g/mol. The molecule has 21 heavy (non-hydrogen) atoms. The van der Waals surface area contributed by atoms with Crippen LogP contribution in [0.15, 0.2) is 29.8 Å². The molecule has 2 rings (SSSR count). The molecule has 0 bridgehead atoms. The number of sulfonamides is 1. The summed E-state index contributed by atoms with van der Waals surface area (Å²) >= 11 is 0. The second-order valence-electron chi connectivity index (χ2n) is 5.33. The van der Waals surface area contributed by atoms with Crippen LogP contribution in [0.3, 0.4) is 0 Å². The van der Waals surface area contributed by atoms with Crippen LogP contribution in [0, 0.1) is 0 Å². The molecule has 1 aromatic rings. The van der Waals surface area contributed by atoms with E-state index in [1.807, 2.05) is 18.4 Å². The van der Waals surface area contributed by atoms with Crippen LogP contribution in [0.5, 0.6) is 0 Å². The molecule has 0 radical (unpaired) electrons. The maximum atomic E-state index is 12.8. The predicted octanol–water partition coefficient (Wildman–Crippen LogP) is 1.96. The zero-order valence-electron chi connectivity index (χ0n) is 12.9. The number of nitrogens with zero attached hydrogens (tertiary/aromatic N) is 2. The van der Waals surface area contributed by atoms with Crippen LogP contribution in [0.4, 0.5) is 0 Å². The molecule has 1 aromatic heterocycles. The fourth-order valence-corrected chi connectivity index (χ4v) is 4.15. The molecule has 0 saturated heterocycles. The molecule has 0 unspecified atom stereocenters. The lowest BCUT2D eigenvalue weighted by molar-refractivity contribution is 0.436. The van der Waals surface area contributed by atoms with Gasteiger partial charge in [0, 0.05) is 37.6 Å². The number of nitrogens with one attached hydrogen (secondary N) is 1. The van der Waals surface area contributed by atoms with Crippen molar-refractivity contribution in [2.45, 2.75) is 50.7 Å². The monoisotopic (exact) mass is 311 g/mol. The van der Waals surface area contributed by atoms with Gasteiger partial charge in [-0.3, -0.25) is 0 Å². The first-order valence-corrected chi connectivity index (χ1v) is 9.01. The molecule has 0 amide bonds. The van der Waals surface area contributed by atoms with E-state index >= 15 is 0 Å². The summed E-state index contributed by atoms with van der Waals surface area (Å²) in [7, 11) is -3.42. The summed E-state index contributed by atoms with van der Waals surface area (Å²) in [6, 6.07) is 1.94. The fourth-order valence-electron chi connectivity index (χ4n) is 2.43. The molecule has 0 aromatic carbocycles. The van der Waals surface area contributed by atoms with Crippen LogP contribution in [-0.2, 0) is 23.1 Å². The van der Waals surface area contributed by atoms with E-state index in [0.717, 1.165) is 31.6 Å². The van der Waals surface area contributed by atoms with Gasteiger partial charge in [0.1, 0.15) is 4.90 Å². The molecule has 0 atom stereocenters. The first kappa shape index (κ1) is 16.3. The van der Waals surface area contributed by atoms with Crippen molar-refractivity contribution < 1.29 is 8.42 Å². The van der Waals surface area contributed by atoms with Gasteiger partial charge in [0.2, 0.25) is 10.0 Å². The maximum Gasteiger partial charge on any atom is 0.245 e. The van der Waals surface area contributed by atoms with E-state index < -0.39 is 10.0 Å². The molecule has 118 valence electrons. The molecule has 5 nitrogen and oxygen atoms in total. The molecule has 1 fully saturated rings. The Balaban J connectivity index is 2.30. The third-order valence-corrected chi connectivity index (χ3v) is 5.61. The highest BCUT2D eigenvalue weighted by Crippen LogP contribution is 2.32. The minimum absolute atomic E-state index is 0.148. The summed E-state index contributed by atoms with van der Waals surface area (Å²) in [5.41, 5.74) is 1.01. The highest BCUT2D eigenvalue weighted by molar-refractivity contribution is 7.89. The first-order valence-electron chi connectivity index (χ1n) is 7.57. The standard InChI is InChI=1S/C15H25N3O2S/c1-4-9-18(13-7-8-13)21(19,20)15-10-14(11-16-5-2)17(6-3)12-15/h4,10,12-13,16H,1,5-9,11H2,2-3H3. The highest BCUT2D eigenvalue weighted by Gasteiger charge is 2.37. The van der Waals surface area contributed by atoms with Crippen molar-refractivity contribution >= 4 is 10.0 Å². The fraction of sp³-hybridized carbons (Fsp3) is 0.600. The molecule has 0 aliphatic heterocycles. The Bertz CT molecular complexity index is 588. The Morgan fingerprint density at radius 1 is 1.48 bits per heavy atom.